The predicted molar refractivity (Wildman–Crippen MR) is 105 cm³/mol. The molecule has 3 aliphatic heterocycles. The average molecular weight is 361 g/mol. The molecule has 3 aliphatic rings. The van der Waals surface area contributed by atoms with Crippen molar-refractivity contribution in [3.63, 3.8) is 0 Å². The first kappa shape index (κ1) is 16.1. The van der Waals surface area contributed by atoms with Gasteiger partial charge in [-0.3, -0.25) is 9.97 Å². The standard InChI is InChI=1S/C20H23N7/c1-2-16-17(23-6-5-22-16)11-14(1)12-25-18-13-26-20-15(3-4-24-20)19(18)27-9-7-21-8-10-27/h1-6,11,13,20-21,24-26H,7-10,12H2. The molecule has 7 heteroatoms. The van der Waals surface area contributed by atoms with E-state index in [1.165, 1.54) is 16.8 Å². The Morgan fingerprint density at radius 1 is 1.07 bits per heavy atom. The Kier molecular flexibility index (Phi) is 4.14. The third-order valence-electron chi connectivity index (χ3n) is 5.21. The molecule has 1 atom stereocenters. The second-order valence-electron chi connectivity index (χ2n) is 6.93. The van der Waals surface area contributed by atoms with Crippen LogP contribution in [0.3, 0.4) is 0 Å². The fourth-order valence-electron chi connectivity index (χ4n) is 3.86. The van der Waals surface area contributed by atoms with E-state index in [2.05, 4.69) is 60.5 Å². The van der Waals surface area contributed by atoms with Crippen molar-refractivity contribution in [2.45, 2.75) is 12.7 Å². The van der Waals surface area contributed by atoms with E-state index in [0.717, 1.165) is 49.5 Å². The molecular weight excluding hydrogens is 338 g/mol. The summed E-state index contributed by atoms with van der Waals surface area (Å²) in [6.07, 6.45) is 9.91. The van der Waals surface area contributed by atoms with E-state index < -0.39 is 0 Å². The number of rotatable bonds is 4. The van der Waals surface area contributed by atoms with Crippen LogP contribution in [0.5, 0.6) is 0 Å². The Bertz CT molecular complexity index is 940. The second-order valence-corrected chi connectivity index (χ2v) is 6.93. The molecule has 0 aliphatic carbocycles. The normalized spacial score (nSPS) is 21.6. The lowest BCUT2D eigenvalue weighted by atomic mass is 10.0. The highest BCUT2D eigenvalue weighted by Crippen LogP contribution is 2.27. The second kappa shape index (κ2) is 6.92. The highest BCUT2D eigenvalue weighted by Gasteiger charge is 2.29. The van der Waals surface area contributed by atoms with Gasteiger partial charge in [0.2, 0.25) is 0 Å². The summed E-state index contributed by atoms with van der Waals surface area (Å²) in [6.45, 7) is 4.81. The summed E-state index contributed by atoms with van der Waals surface area (Å²) in [7, 11) is 0. The number of fused-ring (bicyclic) bond motifs is 2. The molecule has 0 saturated carbocycles. The minimum absolute atomic E-state index is 0.163. The minimum Gasteiger partial charge on any atom is -0.378 e. The summed E-state index contributed by atoms with van der Waals surface area (Å²) in [6, 6.07) is 6.24. The lowest BCUT2D eigenvalue weighted by Crippen LogP contribution is -2.48. The van der Waals surface area contributed by atoms with Gasteiger partial charge >= 0.3 is 0 Å². The summed E-state index contributed by atoms with van der Waals surface area (Å²) in [4.78, 5) is 11.2. The predicted octanol–water partition coefficient (Wildman–Crippen LogP) is 0.766. The van der Waals surface area contributed by atoms with Gasteiger partial charge in [0.05, 0.1) is 22.4 Å². The Hall–Kier alpha value is -3.06. The van der Waals surface area contributed by atoms with Crippen LogP contribution >= 0.6 is 0 Å². The molecule has 4 heterocycles. The van der Waals surface area contributed by atoms with Gasteiger partial charge < -0.3 is 26.2 Å². The molecule has 1 aromatic heterocycles. The van der Waals surface area contributed by atoms with E-state index in [4.69, 9.17) is 0 Å². The number of benzene rings is 1. The number of dihydropyridines is 1. The Labute approximate surface area is 158 Å². The Morgan fingerprint density at radius 3 is 2.81 bits per heavy atom. The monoisotopic (exact) mass is 361 g/mol. The fourth-order valence-corrected chi connectivity index (χ4v) is 3.86. The molecule has 1 saturated heterocycles. The summed E-state index contributed by atoms with van der Waals surface area (Å²) in [5, 5.41) is 13.9. The van der Waals surface area contributed by atoms with Crippen LogP contribution in [0.25, 0.3) is 11.0 Å². The van der Waals surface area contributed by atoms with Crippen molar-refractivity contribution in [2.24, 2.45) is 0 Å². The van der Waals surface area contributed by atoms with Crippen molar-refractivity contribution >= 4 is 11.0 Å². The van der Waals surface area contributed by atoms with Gasteiger partial charge in [0.1, 0.15) is 6.17 Å². The van der Waals surface area contributed by atoms with E-state index in [-0.39, 0.29) is 6.17 Å². The molecule has 1 fully saturated rings. The molecule has 4 N–H and O–H groups in total. The van der Waals surface area contributed by atoms with Crippen molar-refractivity contribution in [1.29, 1.82) is 0 Å². The summed E-state index contributed by atoms with van der Waals surface area (Å²) >= 11 is 0. The molecule has 27 heavy (non-hydrogen) atoms. The zero-order chi connectivity index (χ0) is 18.1. The number of nitrogens with one attached hydrogen (secondary N) is 4. The molecule has 1 aromatic carbocycles. The van der Waals surface area contributed by atoms with Crippen LogP contribution in [0.4, 0.5) is 0 Å². The summed E-state index contributed by atoms with van der Waals surface area (Å²) in [5.74, 6) is 0. The van der Waals surface area contributed by atoms with Gasteiger partial charge in [-0.05, 0) is 30.0 Å². The van der Waals surface area contributed by atoms with Crippen LogP contribution < -0.4 is 21.3 Å². The maximum Gasteiger partial charge on any atom is 0.124 e. The SMILES string of the molecule is C1=CC2=C(N3CCNCC3)C(NCc3ccc4nccnc4c3)=CNC2N1. The van der Waals surface area contributed by atoms with Crippen LogP contribution in [0.15, 0.2) is 66.0 Å². The van der Waals surface area contributed by atoms with E-state index in [1.54, 1.807) is 12.4 Å². The van der Waals surface area contributed by atoms with Crippen molar-refractivity contribution in [3.8, 4) is 0 Å². The van der Waals surface area contributed by atoms with Crippen LogP contribution in [-0.4, -0.2) is 47.2 Å². The smallest absolute Gasteiger partial charge is 0.124 e. The first-order valence-electron chi connectivity index (χ1n) is 9.41. The summed E-state index contributed by atoms with van der Waals surface area (Å²) < 4.78 is 0. The first-order valence-corrected chi connectivity index (χ1v) is 9.41. The van der Waals surface area contributed by atoms with Gasteiger partial charge in [-0.2, -0.15) is 0 Å². The molecule has 7 nitrogen and oxygen atoms in total. The summed E-state index contributed by atoms with van der Waals surface area (Å²) in [5.41, 5.74) is 6.77. The molecule has 0 bridgehead atoms. The third kappa shape index (κ3) is 3.10. The van der Waals surface area contributed by atoms with Gasteiger partial charge in [-0.15, -0.1) is 0 Å². The highest BCUT2D eigenvalue weighted by atomic mass is 15.2. The van der Waals surface area contributed by atoms with Crippen LogP contribution in [0.2, 0.25) is 0 Å². The average Bonchev–Trinajstić information content (AvgIpc) is 3.21. The lowest BCUT2D eigenvalue weighted by Gasteiger charge is -2.37. The zero-order valence-corrected chi connectivity index (χ0v) is 15.1. The zero-order valence-electron chi connectivity index (χ0n) is 15.1. The van der Waals surface area contributed by atoms with Gasteiger partial charge in [0, 0.05) is 56.9 Å². The molecule has 0 amide bonds. The number of piperazine rings is 1. The largest absolute Gasteiger partial charge is 0.378 e. The van der Waals surface area contributed by atoms with Gasteiger partial charge in [0.15, 0.2) is 0 Å². The minimum atomic E-state index is 0.163. The van der Waals surface area contributed by atoms with E-state index in [1.807, 2.05) is 12.3 Å². The molecular formula is C20H23N7. The van der Waals surface area contributed by atoms with E-state index in [9.17, 15) is 0 Å². The van der Waals surface area contributed by atoms with Crippen molar-refractivity contribution in [1.82, 2.24) is 36.1 Å². The maximum atomic E-state index is 4.41. The molecule has 0 spiro atoms. The fraction of sp³-hybridized carbons (Fsp3) is 0.300. The van der Waals surface area contributed by atoms with Gasteiger partial charge in [0.25, 0.3) is 0 Å². The van der Waals surface area contributed by atoms with Crippen molar-refractivity contribution < 1.29 is 0 Å². The third-order valence-corrected chi connectivity index (χ3v) is 5.21. The molecule has 138 valence electrons. The van der Waals surface area contributed by atoms with Crippen LogP contribution in [-0.2, 0) is 6.54 Å². The topological polar surface area (TPSA) is 77.1 Å². The Balaban J connectivity index is 1.39. The Morgan fingerprint density at radius 2 is 1.93 bits per heavy atom. The highest BCUT2D eigenvalue weighted by molar-refractivity contribution is 5.74. The number of nitrogens with zero attached hydrogens (tertiary/aromatic N) is 3. The molecule has 1 unspecified atom stereocenters. The quantitative estimate of drug-likeness (QED) is 0.641. The molecule has 5 rings (SSSR count). The molecule has 0 radical (unpaired) electrons. The van der Waals surface area contributed by atoms with E-state index in [0.29, 0.717) is 0 Å². The van der Waals surface area contributed by atoms with Crippen LogP contribution in [0.1, 0.15) is 5.56 Å². The van der Waals surface area contributed by atoms with Crippen LogP contribution in [0, 0.1) is 0 Å². The number of aromatic nitrogens is 2. The number of hydrogen-bond donors (Lipinski definition) is 4. The lowest BCUT2D eigenvalue weighted by molar-refractivity contribution is 0.294. The molecule has 2 aromatic rings. The van der Waals surface area contributed by atoms with Gasteiger partial charge in [-0.25, -0.2) is 0 Å². The van der Waals surface area contributed by atoms with Crippen molar-refractivity contribution in [2.75, 3.05) is 26.2 Å². The first-order chi connectivity index (χ1) is 13.4. The van der Waals surface area contributed by atoms with Gasteiger partial charge in [-0.1, -0.05) is 6.07 Å². The van der Waals surface area contributed by atoms with Crippen molar-refractivity contribution in [3.05, 3.63) is 71.6 Å². The number of hydrogen-bond acceptors (Lipinski definition) is 7. The van der Waals surface area contributed by atoms with E-state index >= 15 is 0 Å². The maximum absolute atomic E-state index is 4.41.